The third-order valence-corrected chi connectivity index (χ3v) is 6.24. The van der Waals surface area contributed by atoms with Crippen molar-refractivity contribution in [1.29, 1.82) is 0 Å². The van der Waals surface area contributed by atoms with E-state index in [1.54, 1.807) is 0 Å². The van der Waals surface area contributed by atoms with E-state index in [2.05, 4.69) is 33.4 Å². The standard InChI is InChI=1S/C24H22BrNO3/c1-14-21(24(28)29-2)22(16-8-10-18(25)11-9-16)23-19(26-14)12-17(13-20(23)27)15-6-4-3-5-7-15/h3-11,17,22,26H,12-13H2,1-2H3. The number of ether oxygens (including phenoxy) is 1. The molecule has 2 unspecified atom stereocenters. The number of hydrogen-bond acceptors (Lipinski definition) is 4. The first kappa shape index (κ1) is 19.6. The summed E-state index contributed by atoms with van der Waals surface area (Å²) in [6.07, 6.45) is 1.18. The lowest BCUT2D eigenvalue weighted by atomic mass is 9.72. The molecule has 0 saturated carbocycles. The van der Waals surface area contributed by atoms with Gasteiger partial charge >= 0.3 is 5.97 Å². The lowest BCUT2D eigenvalue weighted by molar-refractivity contribution is -0.136. The van der Waals surface area contributed by atoms with Crippen LogP contribution in [0.15, 0.2) is 81.6 Å². The number of Topliss-reactive ketones (excluding diaryl/α,β-unsaturated/α-hetero) is 1. The molecule has 1 aliphatic carbocycles. The summed E-state index contributed by atoms with van der Waals surface area (Å²) >= 11 is 3.46. The monoisotopic (exact) mass is 451 g/mol. The summed E-state index contributed by atoms with van der Waals surface area (Å²) in [5, 5.41) is 3.35. The molecule has 0 bridgehead atoms. The maximum absolute atomic E-state index is 13.3. The molecule has 0 fully saturated rings. The van der Waals surface area contributed by atoms with E-state index < -0.39 is 11.9 Å². The number of esters is 1. The minimum atomic E-state index is -0.420. The van der Waals surface area contributed by atoms with E-state index in [1.165, 1.54) is 7.11 Å². The van der Waals surface area contributed by atoms with E-state index >= 15 is 0 Å². The van der Waals surface area contributed by atoms with Gasteiger partial charge in [0.1, 0.15) is 0 Å². The summed E-state index contributed by atoms with van der Waals surface area (Å²) in [6.45, 7) is 1.87. The fourth-order valence-electron chi connectivity index (χ4n) is 4.37. The number of methoxy groups -OCH3 is 1. The molecule has 1 heterocycles. The van der Waals surface area contributed by atoms with Crippen LogP contribution in [0.25, 0.3) is 0 Å². The second-order valence-corrected chi connectivity index (χ2v) is 8.39. The Kier molecular flexibility index (Phi) is 5.41. The van der Waals surface area contributed by atoms with Gasteiger partial charge in [0.15, 0.2) is 5.78 Å². The normalized spacial score (nSPS) is 21.6. The highest BCUT2D eigenvalue weighted by Crippen LogP contribution is 2.45. The van der Waals surface area contributed by atoms with Crippen LogP contribution in [-0.4, -0.2) is 18.9 Å². The molecule has 1 N–H and O–H groups in total. The van der Waals surface area contributed by atoms with Gasteiger partial charge in [0.2, 0.25) is 0 Å². The molecular formula is C24H22BrNO3. The fraction of sp³-hybridized carbons (Fsp3) is 0.250. The number of ketones is 1. The summed E-state index contributed by atoms with van der Waals surface area (Å²) in [5.74, 6) is -0.620. The third-order valence-electron chi connectivity index (χ3n) is 5.71. The smallest absolute Gasteiger partial charge is 0.336 e. The summed E-state index contributed by atoms with van der Waals surface area (Å²) in [5.41, 5.74) is 4.91. The Morgan fingerprint density at radius 1 is 1.03 bits per heavy atom. The Hall–Kier alpha value is -2.66. The number of rotatable bonds is 3. The predicted octanol–water partition coefficient (Wildman–Crippen LogP) is 4.98. The van der Waals surface area contributed by atoms with Crippen molar-refractivity contribution in [2.24, 2.45) is 0 Å². The summed E-state index contributed by atoms with van der Waals surface area (Å²) in [7, 11) is 1.37. The quantitative estimate of drug-likeness (QED) is 0.668. The van der Waals surface area contributed by atoms with Gasteiger partial charge < -0.3 is 10.1 Å². The number of dihydropyridines is 1. The van der Waals surface area contributed by atoms with Gasteiger partial charge in [0, 0.05) is 33.8 Å². The molecule has 148 valence electrons. The fourth-order valence-corrected chi connectivity index (χ4v) is 4.63. The van der Waals surface area contributed by atoms with Crippen LogP contribution >= 0.6 is 15.9 Å². The molecule has 0 spiro atoms. The van der Waals surface area contributed by atoms with Gasteiger partial charge in [-0.25, -0.2) is 4.79 Å². The first-order chi connectivity index (χ1) is 14.0. The van der Waals surface area contributed by atoms with Crippen molar-refractivity contribution >= 4 is 27.7 Å². The molecule has 5 heteroatoms. The maximum atomic E-state index is 13.3. The highest BCUT2D eigenvalue weighted by atomic mass is 79.9. The van der Waals surface area contributed by atoms with Crippen molar-refractivity contribution in [1.82, 2.24) is 5.32 Å². The third kappa shape index (κ3) is 3.67. The van der Waals surface area contributed by atoms with Gasteiger partial charge in [0.05, 0.1) is 12.7 Å². The lowest BCUT2D eigenvalue weighted by Crippen LogP contribution is -2.36. The zero-order chi connectivity index (χ0) is 20.5. The van der Waals surface area contributed by atoms with Crippen molar-refractivity contribution in [2.45, 2.75) is 31.6 Å². The molecule has 0 radical (unpaired) electrons. The second kappa shape index (κ2) is 7.99. The topological polar surface area (TPSA) is 55.4 Å². The van der Waals surface area contributed by atoms with Gasteiger partial charge in [-0.3, -0.25) is 4.79 Å². The molecule has 2 atom stereocenters. The molecule has 0 saturated heterocycles. The lowest BCUT2D eigenvalue weighted by Gasteiger charge is -2.36. The molecule has 0 amide bonds. The van der Waals surface area contributed by atoms with Gasteiger partial charge in [-0.2, -0.15) is 0 Å². The van der Waals surface area contributed by atoms with Gasteiger partial charge in [-0.05, 0) is 42.5 Å². The Balaban J connectivity index is 1.81. The number of carbonyl (C=O) groups excluding carboxylic acids is 2. The number of halogens is 1. The summed E-state index contributed by atoms with van der Waals surface area (Å²) in [6, 6.07) is 17.9. The molecule has 4 rings (SSSR count). The van der Waals surface area contributed by atoms with Gasteiger partial charge in [-0.15, -0.1) is 0 Å². The molecule has 2 aromatic carbocycles. The summed E-state index contributed by atoms with van der Waals surface area (Å²) in [4.78, 5) is 26.0. The number of hydrogen-bond donors (Lipinski definition) is 1. The average molecular weight is 452 g/mol. The zero-order valence-electron chi connectivity index (χ0n) is 16.4. The summed E-state index contributed by atoms with van der Waals surface area (Å²) < 4.78 is 6.01. The van der Waals surface area contributed by atoms with E-state index in [0.29, 0.717) is 17.6 Å². The second-order valence-electron chi connectivity index (χ2n) is 7.47. The Bertz CT molecular complexity index is 1020. The van der Waals surface area contributed by atoms with Crippen LogP contribution in [0, 0.1) is 0 Å². The van der Waals surface area contributed by atoms with Crippen molar-refractivity contribution in [3.8, 4) is 0 Å². The minimum Gasteiger partial charge on any atom is -0.466 e. The molecule has 29 heavy (non-hydrogen) atoms. The number of benzene rings is 2. The van der Waals surface area contributed by atoms with E-state index in [4.69, 9.17) is 4.74 Å². The predicted molar refractivity (Wildman–Crippen MR) is 115 cm³/mol. The van der Waals surface area contributed by atoms with Gasteiger partial charge in [0.25, 0.3) is 0 Å². The van der Waals surface area contributed by atoms with Crippen LogP contribution in [-0.2, 0) is 14.3 Å². The van der Waals surface area contributed by atoms with Crippen LogP contribution < -0.4 is 5.32 Å². The first-order valence-electron chi connectivity index (χ1n) is 9.62. The number of allylic oxidation sites excluding steroid dienone is 3. The van der Waals surface area contributed by atoms with E-state index in [9.17, 15) is 9.59 Å². The number of carbonyl (C=O) groups is 2. The largest absolute Gasteiger partial charge is 0.466 e. The first-order valence-corrected chi connectivity index (χ1v) is 10.4. The Morgan fingerprint density at radius 3 is 2.38 bits per heavy atom. The molecule has 4 nitrogen and oxygen atoms in total. The van der Waals surface area contributed by atoms with Crippen molar-refractivity contribution in [3.05, 3.63) is 92.7 Å². The van der Waals surface area contributed by atoms with Crippen LogP contribution in [0.3, 0.4) is 0 Å². The van der Waals surface area contributed by atoms with E-state index in [0.717, 1.165) is 33.4 Å². The zero-order valence-corrected chi connectivity index (χ0v) is 18.0. The molecule has 2 aliphatic rings. The van der Waals surface area contributed by atoms with Crippen LogP contribution in [0.2, 0.25) is 0 Å². The highest BCUT2D eigenvalue weighted by molar-refractivity contribution is 9.10. The molecule has 0 aromatic heterocycles. The van der Waals surface area contributed by atoms with Crippen molar-refractivity contribution in [3.63, 3.8) is 0 Å². The van der Waals surface area contributed by atoms with Crippen LogP contribution in [0.1, 0.15) is 42.7 Å². The Labute approximate surface area is 178 Å². The highest BCUT2D eigenvalue weighted by Gasteiger charge is 2.41. The molecular weight excluding hydrogens is 430 g/mol. The van der Waals surface area contributed by atoms with Crippen molar-refractivity contribution < 1.29 is 14.3 Å². The maximum Gasteiger partial charge on any atom is 0.336 e. The SMILES string of the molecule is COC(=O)C1=C(C)NC2=C(C(=O)CC(c3ccccc3)C2)C1c1ccc(Br)cc1. The van der Waals surface area contributed by atoms with Crippen LogP contribution in [0.5, 0.6) is 0 Å². The minimum absolute atomic E-state index is 0.0782. The van der Waals surface area contributed by atoms with E-state index in [1.807, 2.05) is 49.4 Å². The van der Waals surface area contributed by atoms with Crippen molar-refractivity contribution in [2.75, 3.05) is 7.11 Å². The average Bonchev–Trinajstić information content (AvgIpc) is 2.73. The Morgan fingerprint density at radius 2 is 1.72 bits per heavy atom. The van der Waals surface area contributed by atoms with Crippen LogP contribution in [0.4, 0.5) is 0 Å². The molecule has 2 aromatic rings. The number of nitrogens with one attached hydrogen (secondary N) is 1. The van der Waals surface area contributed by atoms with Gasteiger partial charge in [-0.1, -0.05) is 58.4 Å². The molecule has 1 aliphatic heterocycles. The van der Waals surface area contributed by atoms with E-state index in [-0.39, 0.29) is 11.7 Å².